The molecular weight excluding hydrogens is 399 g/mol. The van der Waals surface area contributed by atoms with Gasteiger partial charge in [-0.1, -0.05) is 19.1 Å². The lowest BCUT2D eigenvalue weighted by Gasteiger charge is -2.21. The molecule has 0 spiro atoms. The van der Waals surface area contributed by atoms with Gasteiger partial charge in [-0.3, -0.25) is 0 Å². The number of hydrogen-bond acceptors (Lipinski definition) is 7. The van der Waals surface area contributed by atoms with Gasteiger partial charge in [-0.2, -0.15) is 4.98 Å². The van der Waals surface area contributed by atoms with Gasteiger partial charge in [0.25, 0.3) is 0 Å². The number of aliphatic hydroxyl groups excluding tert-OH is 1. The van der Waals surface area contributed by atoms with Crippen LogP contribution in [0.15, 0.2) is 30.5 Å². The molecule has 2 aliphatic rings. The molecule has 31 heavy (non-hydrogen) atoms. The molecular formula is C23H29FN4O3. The summed E-state index contributed by atoms with van der Waals surface area (Å²) in [4.78, 5) is 23.6. The van der Waals surface area contributed by atoms with E-state index >= 15 is 0 Å². The van der Waals surface area contributed by atoms with Crippen molar-refractivity contribution in [3.63, 3.8) is 0 Å². The number of benzene rings is 1. The molecule has 0 aliphatic carbocycles. The summed E-state index contributed by atoms with van der Waals surface area (Å²) in [7, 11) is 0. The van der Waals surface area contributed by atoms with E-state index in [1.54, 1.807) is 6.92 Å². The molecule has 1 aromatic carbocycles. The van der Waals surface area contributed by atoms with Gasteiger partial charge in [0.1, 0.15) is 17.6 Å². The number of carbonyl (C=O) groups excluding carboxylic acids is 1. The fourth-order valence-corrected chi connectivity index (χ4v) is 4.28. The molecule has 2 aromatic rings. The van der Waals surface area contributed by atoms with Crippen LogP contribution < -0.4 is 14.5 Å². The molecule has 4 rings (SSSR count). The third kappa shape index (κ3) is 5.12. The van der Waals surface area contributed by atoms with E-state index in [4.69, 9.17) is 4.74 Å². The van der Waals surface area contributed by atoms with Crippen molar-refractivity contribution in [1.29, 1.82) is 0 Å². The monoisotopic (exact) mass is 428 g/mol. The average molecular weight is 429 g/mol. The Bertz CT molecular complexity index is 924. The Morgan fingerprint density at radius 3 is 2.65 bits per heavy atom. The van der Waals surface area contributed by atoms with E-state index in [0.29, 0.717) is 45.0 Å². The van der Waals surface area contributed by atoms with Gasteiger partial charge < -0.3 is 24.4 Å². The highest BCUT2D eigenvalue weighted by molar-refractivity contribution is 5.76. The minimum Gasteiger partial charge on any atom is -0.489 e. The highest BCUT2D eigenvalue weighted by atomic mass is 19.1. The van der Waals surface area contributed by atoms with Crippen LogP contribution in [-0.2, 0) is 4.79 Å². The van der Waals surface area contributed by atoms with E-state index in [1.807, 2.05) is 41.0 Å². The van der Waals surface area contributed by atoms with Crippen LogP contribution in [0.2, 0.25) is 0 Å². The molecule has 8 heteroatoms. The number of nitrogens with zero attached hydrogens (tertiary/aromatic N) is 4. The van der Waals surface area contributed by atoms with E-state index in [0.717, 1.165) is 17.7 Å². The Morgan fingerprint density at radius 1 is 1.23 bits per heavy atom. The third-order valence-electron chi connectivity index (χ3n) is 5.95. The van der Waals surface area contributed by atoms with Crippen LogP contribution in [0.3, 0.4) is 0 Å². The van der Waals surface area contributed by atoms with Crippen molar-refractivity contribution in [2.45, 2.75) is 51.2 Å². The predicted molar refractivity (Wildman–Crippen MR) is 116 cm³/mol. The fourth-order valence-electron chi connectivity index (χ4n) is 4.28. The second kappa shape index (κ2) is 9.18. The van der Waals surface area contributed by atoms with Gasteiger partial charge in [0.05, 0.1) is 18.8 Å². The van der Waals surface area contributed by atoms with Crippen LogP contribution in [-0.4, -0.2) is 59.2 Å². The molecule has 0 amide bonds. The predicted octanol–water partition coefficient (Wildman–Crippen LogP) is 2.93. The highest BCUT2D eigenvalue weighted by Gasteiger charge is 2.29. The summed E-state index contributed by atoms with van der Waals surface area (Å²) < 4.78 is 20.6. The lowest BCUT2D eigenvalue weighted by molar-refractivity contribution is -0.117. The molecule has 1 N–H and O–H groups in total. The summed E-state index contributed by atoms with van der Waals surface area (Å²) in [5.41, 5.74) is 1.11. The lowest BCUT2D eigenvalue weighted by Crippen LogP contribution is -2.28. The zero-order valence-electron chi connectivity index (χ0n) is 18.0. The number of Topliss-reactive ketones (excluding diaryl/α,β-unsaturated/α-hetero) is 1. The summed E-state index contributed by atoms with van der Waals surface area (Å²) in [6, 6.07) is 7.85. The topological polar surface area (TPSA) is 78.8 Å². The van der Waals surface area contributed by atoms with Crippen molar-refractivity contribution < 1.29 is 19.0 Å². The van der Waals surface area contributed by atoms with Crippen LogP contribution in [0.1, 0.15) is 44.6 Å². The quantitative estimate of drug-likeness (QED) is 0.726. The molecule has 3 atom stereocenters. The molecule has 0 unspecified atom stereocenters. The standard InChI is InChI=1S/C23H29FN4O3/c1-15(11-16(2)29)17-3-5-19(6-4-17)31-20-8-10-27(14-20)22-21(24)12-25-23(26-22)28-9-7-18(30)13-28/h3-6,12,15,18,20,30H,7-11,13-14H2,1-2H3/t15-,18+,20-/m1/s1. The van der Waals surface area contributed by atoms with Gasteiger partial charge in [-0.05, 0) is 37.0 Å². The molecule has 2 fully saturated rings. The molecule has 0 bridgehead atoms. The molecule has 0 radical (unpaired) electrons. The molecule has 3 heterocycles. The van der Waals surface area contributed by atoms with Crippen LogP contribution in [0.4, 0.5) is 16.2 Å². The van der Waals surface area contributed by atoms with Gasteiger partial charge >= 0.3 is 0 Å². The van der Waals surface area contributed by atoms with Crippen molar-refractivity contribution in [3.05, 3.63) is 41.8 Å². The number of β-amino-alcohol motifs (C(OH)–C–C–N with tert-alkyl or cyclic N) is 1. The molecule has 166 valence electrons. The van der Waals surface area contributed by atoms with Gasteiger partial charge in [0.2, 0.25) is 5.95 Å². The van der Waals surface area contributed by atoms with Crippen molar-refractivity contribution in [1.82, 2.24) is 9.97 Å². The first kappa shape index (κ1) is 21.5. The first-order valence-corrected chi connectivity index (χ1v) is 10.9. The van der Waals surface area contributed by atoms with Crippen LogP contribution in [0, 0.1) is 5.82 Å². The van der Waals surface area contributed by atoms with E-state index in [1.165, 1.54) is 6.20 Å². The van der Waals surface area contributed by atoms with Gasteiger partial charge in [0.15, 0.2) is 11.6 Å². The third-order valence-corrected chi connectivity index (χ3v) is 5.95. The number of aliphatic hydroxyl groups is 1. The maximum absolute atomic E-state index is 14.5. The lowest BCUT2D eigenvalue weighted by atomic mass is 9.96. The van der Waals surface area contributed by atoms with E-state index in [9.17, 15) is 14.3 Å². The minimum atomic E-state index is -0.451. The summed E-state index contributed by atoms with van der Waals surface area (Å²) >= 11 is 0. The number of anilines is 2. The normalized spacial score (nSPS) is 22.1. The van der Waals surface area contributed by atoms with Crippen LogP contribution in [0.25, 0.3) is 0 Å². The molecule has 1 aromatic heterocycles. The van der Waals surface area contributed by atoms with E-state index in [-0.39, 0.29) is 23.6 Å². The largest absolute Gasteiger partial charge is 0.489 e. The Balaban J connectivity index is 1.38. The fraction of sp³-hybridized carbons (Fsp3) is 0.522. The van der Waals surface area contributed by atoms with Gasteiger partial charge in [-0.15, -0.1) is 0 Å². The second-order valence-electron chi connectivity index (χ2n) is 8.58. The highest BCUT2D eigenvalue weighted by Crippen LogP contribution is 2.28. The summed E-state index contributed by atoms with van der Waals surface area (Å²) in [6.45, 7) is 5.97. The Kier molecular flexibility index (Phi) is 6.36. The number of ketones is 1. The minimum absolute atomic E-state index is 0.0630. The van der Waals surface area contributed by atoms with Gasteiger partial charge in [-0.25, -0.2) is 9.37 Å². The van der Waals surface area contributed by atoms with Crippen molar-refractivity contribution in [3.8, 4) is 5.75 Å². The van der Waals surface area contributed by atoms with Gasteiger partial charge in [0, 0.05) is 32.5 Å². The number of rotatable bonds is 7. The van der Waals surface area contributed by atoms with Crippen LogP contribution in [0.5, 0.6) is 5.75 Å². The number of carbonyl (C=O) groups is 1. The Labute approximate surface area is 181 Å². The first-order chi connectivity index (χ1) is 14.9. The number of hydrogen-bond donors (Lipinski definition) is 1. The zero-order chi connectivity index (χ0) is 22.0. The zero-order valence-corrected chi connectivity index (χ0v) is 18.0. The summed E-state index contributed by atoms with van der Waals surface area (Å²) in [5.74, 6) is 1.41. The molecule has 7 nitrogen and oxygen atoms in total. The average Bonchev–Trinajstić information content (AvgIpc) is 3.37. The summed E-state index contributed by atoms with van der Waals surface area (Å²) in [6.07, 6.45) is 2.72. The number of halogens is 1. The smallest absolute Gasteiger partial charge is 0.227 e. The molecule has 0 saturated carbocycles. The second-order valence-corrected chi connectivity index (χ2v) is 8.58. The first-order valence-electron chi connectivity index (χ1n) is 10.9. The number of aromatic nitrogens is 2. The Hall–Kier alpha value is -2.74. The maximum atomic E-state index is 14.5. The molecule has 2 aliphatic heterocycles. The number of ether oxygens (including phenoxy) is 1. The molecule has 2 saturated heterocycles. The Morgan fingerprint density at radius 2 is 1.97 bits per heavy atom. The van der Waals surface area contributed by atoms with E-state index in [2.05, 4.69) is 9.97 Å². The maximum Gasteiger partial charge on any atom is 0.227 e. The summed E-state index contributed by atoms with van der Waals surface area (Å²) in [5, 5.41) is 9.74. The van der Waals surface area contributed by atoms with Crippen molar-refractivity contribution >= 4 is 17.5 Å². The van der Waals surface area contributed by atoms with E-state index < -0.39 is 11.9 Å². The van der Waals surface area contributed by atoms with Crippen molar-refractivity contribution in [2.24, 2.45) is 0 Å². The SMILES string of the molecule is CC(=O)C[C@@H](C)c1ccc(O[C@@H]2CCN(c3nc(N4CC[C@H](O)C4)ncc3F)C2)cc1. The van der Waals surface area contributed by atoms with Crippen molar-refractivity contribution in [2.75, 3.05) is 36.0 Å². The van der Waals surface area contributed by atoms with Crippen LogP contribution >= 0.6 is 0 Å².